The lowest BCUT2D eigenvalue weighted by atomic mass is 10.0. The standard InChI is InChI=1S/C12H11NO2S/c1-8-7-16-11(13-8)10(12(14)15)9-5-3-2-4-6-9/h2-7,10H,1H3,(H,14,15)/t10-/m0/s1. The van der Waals surface area contributed by atoms with Gasteiger partial charge < -0.3 is 5.11 Å². The van der Waals surface area contributed by atoms with Gasteiger partial charge in [0, 0.05) is 11.1 Å². The Balaban J connectivity index is 2.43. The number of hydrogen-bond acceptors (Lipinski definition) is 3. The maximum absolute atomic E-state index is 11.3. The number of aromatic nitrogens is 1. The van der Waals surface area contributed by atoms with Gasteiger partial charge in [-0.15, -0.1) is 11.3 Å². The molecule has 0 saturated heterocycles. The third-order valence-corrected chi connectivity index (χ3v) is 3.29. The number of carboxylic acid groups (broad SMARTS) is 1. The van der Waals surface area contributed by atoms with Gasteiger partial charge in [-0.3, -0.25) is 4.79 Å². The number of rotatable bonds is 3. The van der Waals surface area contributed by atoms with E-state index in [9.17, 15) is 9.90 Å². The van der Waals surface area contributed by atoms with Crippen molar-refractivity contribution in [1.82, 2.24) is 4.98 Å². The Morgan fingerprint density at radius 3 is 2.56 bits per heavy atom. The van der Waals surface area contributed by atoms with E-state index in [2.05, 4.69) is 4.98 Å². The summed E-state index contributed by atoms with van der Waals surface area (Å²) in [5.74, 6) is -1.51. The first-order chi connectivity index (χ1) is 7.68. The van der Waals surface area contributed by atoms with Gasteiger partial charge in [-0.25, -0.2) is 4.98 Å². The number of nitrogens with zero attached hydrogens (tertiary/aromatic N) is 1. The molecule has 3 nitrogen and oxygen atoms in total. The van der Waals surface area contributed by atoms with Crippen LogP contribution in [0, 0.1) is 6.92 Å². The van der Waals surface area contributed by atoms with Crippen LogP contribution in [0.15, 0.2) is 35.7 Å². The predicted molar refractivity (Wildman–Crippen MR) is 62.8 cm³/mol. The van der Waals surface area contributed by atoms with Crippen molar-refractivity contribution < 1.29 is 9.90 Å². The van der Waals surface area contributed by atoms with Crippen molar-refractivity contribution in [3.8, 4) is 0 Å². The number of aryl methyl sites for hydroxylation is 1. The molecule has 1 atom stereocenters. The molecule has 0 amide bonds. The zero-order valence-electron chi connectivity index (χ0n) is 8.75. The minimum atomic E-state index is -0.861. The molecule has 0 fully saturated rings. The molecular weight excluding hydrogens is 222 g/mol. The molecule has 0 aliphatic rings. The molecule has 1 aromatic heterocycles. The largest absolute Gasteiger partial charge is 0.480 e. The average Bonchev–Trinajstić information content (AvgIpc) is 2.66. The molecule has 1 N–H and O–H groups in total. The lowest BCUT2D eigenvalue weighted by Gasteiger charge is -2.09. The highest BCUT2D eigenvalue weighted by Gasteiger charge is 2.24. The first-order valence-electron chi connectivity index (χ1n) is 4.88. The zero-order valence-corrected chi connectivity index (χ0v) is 9.57. The predicted octanol–water partition coefficient (Wildman–Crippen LogP) is 2.67. The molecule has 0 unspecified atom stereocenters. The van der Waals surface area contributed by atoms with Gasteiger partial charge in [-0.1, -0.05) is 30.3 Å². The number of carbonyl (C=O) groups is 1. The molecule has 2 rings (SSSR count). The number of carboxylic acids is 1. The summed E-state index contributed by atoms with van der Waals surface area (Å²) in [6, 6.07) is 9.18. The van der Waals surface area contributed by atoms with Crippen LogP contribution in [0.25, 0.3) is 0 Å². The average molecular weight is 233 g/mol. The molecule has 1 aromatic carbocycles. The monoisotopic (exact) mass is 233 g/mol. The van der Waals surface area contributed by atoms with E-state index in [4.69, 9.17) is 0 Å². The fourth-order valence-electron chi connectivity index (χ4n) is 1.54. The molecule has 0 aliphatic heterocycles. The van der Waals surface area contributed by atoms with Gasteiger partial charge in [0.2, 0.25) is 0 Å². The third-order valence-electron chi connectivity index (χ3n) is 2.26. The molecule has 16 heavy (non-hydrogen) atoms. The molecule has 82 valence electrons. The van der Waals surface area contributed by atoms with E-state index in [0.717, 1.165) is 11.3 Å². The van der Waals surface area contributed by atoms with Crippen LogP contribution in [-0.4, -0.2) is 16.1 Å². The van der Waals surface area contributed by atoms with Crippen LogP contribution in [0.5, 0.6) is 0 Å². The van der Waals surface area contributed by atoms with Crippen molar-refractivity contribution in [2.24, 2.45) is 0 Å². The van der Waals surface area contributed by atoms with E-state index >= 15 is 0 Å². The Morgan fingerprint density at radius 2 is 2.06 bits per heavy atom. The summed E-state index contributed by atoms with van der Waals surface area (Å²) < 4.78 is 0. The summed E-state index contributed by atoms with van der Waals surface area (Å²) in [5, 5.41) is 11.8. The topological polar surface area (TPSA) is 50.2 Å². The number of aliphatic carboxylic acids is 1. The van der Waals surface area contributed by atoms with E-state index in [1.54, 1.807) is 0 Å². The molecule has 4 heteroatoms. The van der Waals surface area contributed by atoms with Crippen LogP contribution < -0.4 is 0 Å². The minimum Gasteiger partial charge on any atom is -0.480 e. The van der Waals surface area contributed by atoms with Crippen LogP contribution in [-0.2, 0) is 4.79 Å². The second-order valence-electron chi connectivity index (χ2n) is 3.51. The van der Waals surface area contributed by atoms with Gasteiger partial charge in [-0.2, -0.15) is 0 Å². The molecule has 0 aliphatic carbocycles. The Bertz CT molecular complexity index is 493. The van der Waals surface area contributed by atoms with E-state index in [1.807, 2.05) is 42.6 Å². The van der Waals surface area contributed by atoms with Crippen molar-refractivity contribution in [3.63, 3.8) is 0 Å². The van der Waals surface area contributed by atoms with Gasteiger partial charge in [0.05, 0.1) is 0 Å². The van der Waals surface area contributed by atoms with Crippen LogP contribution in [0.2, 0.25) is 0 Å². The molecule has 0 spiro atoms. The Kier molecular flexibility index (Phi) is 3.01. The summed E-state index contributed by atoms with van der Waals surface area (Å²) in [6.45, 7) is 1.86. The van der Waals surface area contributed by atoms with Crippen molar-refractivity contribution in [1.29, 1.82) is 0 Å². The third kappa shape index (κ3) is 2.12. The van der Waals surface area contributed by atoms with E-state index < -0.39 is 11.9 Å². The molecule has 0 saturated carbocycles. The lowest BCUT2D eigenvalue weighted by Crippen LogP contribution is -2.12. The molecule has 0 bridgehead atoms. The molecule has 2 aromatic rings. The normalized spacial score (nSPS) is 12.3. The fourth-order valence-corrected chi connectivity index (χ4v) is 2.45. The number of benzene rings is 1. The van der Waals surface area contributed by atoms with Crippen LogP contribution >= 0.6 is 11.3 Å². The van der Waals surface area contributed by atoms with Gasteiger partial charge in [0.1, 0.15) is 10.9 Å². The molecular formula is C12H11NO2S. The molecule has 0 radical (unpaired) electrons. The minimum absolute atomic E-state index is 0.635. The van der Waals surface area contributed by atoms with Gasteiger partial charge in [0.25, 0.3) is 0 Å². The van der Waals surface area contributed by atoms with Crippen molar-refractivity contribution in [2.75, 3.05) is 0 Å². The van der Waals surface area contributed by atoms with Crippen molar-refractivity contribution >= 4 is 17.3 Å². The second kappa shape index (κ2) is 4.45. The Morgan fingerprint density at radius 1 is 1.38 bits per heavy atom. The van der Waals surface area contributed by atoms with Crippen LogP contribution in [0.1, 0.15) is 22.2 Å². The summed E-state index contributed by atoms with van der Waals surface area (Å²) >= 11 is 1.39. The van der Waals surface area contributed by atoms with E-state index in [0.29, 0.717) is 5.01 Å². The Labute approximate surface area is 97.4 Å². The highest BCUT2D eigenvalue weighted by Crippen LogP contribution is 2.27. The fraction of sp³-hybridized carbons (Fsp3) is 0.167. The number of hydrogen-bond donors (Lipinski definition) is 1. The highest BCUT2D eigenvalue weighted by molar-refractivity contribution is 7.09. The zero-order chi connectivity index (χ0) is 11.5. The first-order valence-corrected chi connectivity index (χ1v) is 5.76. The highest BCUT2D eigenvalue weighted by atomic mass is 32.1. The van der Waals surface area contributed by atoms with Gasteiger partial charge in [-0.05, 0) is 12.5 Å². The van der Waals surface area contributed by atoms with E-state index in [1.165, 1.54) is 11.3 Å². The summed E-state index contributed by atoms with van der Waals surface area (Å²) in [4.78, 5) is 15.5. The van der Waals surface area contributed by atoms with E-state index in [-0.39, 0.29) is 0 Å². The molecule has 1 heterocycles. The first kappa shape index (κ1) is 10.8. The SMILES string of the molecule is Cc1csc([C@@H](C(=O)O)c2ccccc2)n1. The second-order valence-corrected chi connectivity index (χ2v) is 4.40. The van der Waals surface area contributed by atoms with Gasteiger partial charge in [0.15, 0.2) is 0 Å². The summed E-state index contributed by atoms with van der Waals surface area (Å²) in [6.07, 6.45) is 0. The van der Waals surface area contributed by atoms with Crippen LogP contribution in [0.4, 0.5) is 0 Å². The van der Waals surface area contributed by atoms with Crippen LogP contribution in [0.3, 0.4) is 0 Å². The lowest BCUT2D eigenvalue weighted by molar-refractivity contribution is -0.137. The quantitative estimate of drug-likeness (QED) is 0.886. The van der Waals surface area contributed by atoms with Gasteiger partial charge >= 0.3 is 5.97 Å². The number of thiazole rings is 1. The maximum atomic E-state index is 11.3. The van der Waals surface area contributed by atoms with Crippen molar-refractivity contribution in [3.05, 3.63) is 52.0 Å². The summed E-state index contributed by atoms with van der Waals surface area (Å²) in [7, 11) is 0. The summed E-state index contributed by atoms with van der Waals surface area (Å²) in [5.41, 5.74) is 1.63. The van der Waals surface area contributed by atoms with Crippen molar-refractivity contribution in [2.45, 2.75) is 12.8 Å². The smallest absolute Gasteiger partial charge is 0.317 e. The maximum Gasteiger partial charge on any atom is 0.317 e. The Hall–Kier alpha value is -1.68.